The van der Waals surface area contributed by atoms with E-state index in [9.17, 15) is 5.11 Å². The quantitative estimate of drug-likeness (QED) is 0.880. The number of aromatic nitrogens is 2. The normalized spacial score (nSPS) is 31.6. The molecule has 1 aromatic carbocycles. The Morgan fingerprint density at radius 3 is 2.86 bits per heavy atom. The van der Waals surface area contributed by atoms with Crippen molar-refractivity contribution in [1.82, 2.24) is 9.55 Å². The number of aliphatic hydroxyl groups is 1. The van der Waals surface area contributed by atoms with E-state index in [0.717, 1.165) is 32.5 Å². The molecule has 0 amide bonds. The summed E-state index contributed by atoms with van der Waals surface area (Å²) >= 11 is 0. The summed E-state index contributed by atoms with van der Waals surface area (Å²) in [6.45, 7) is 1.59. The summed E-state index contributed by atoms with van der Waals surface area (Å²) in [5.41, 5.74) is 3.89. The fraction of sp³-hybridized carbons (Fsp3) is 0.500. The lowest BCUT2D eigenvalue weighted by Gasteiger charge is -2.56. The average molecular weight is 296 g/mol. The maximum absolute atomic E-state index is 10.9. The lowest BCUT2D eigenvalue weighted by Crippen LogP contribution is -2.57. The van der Waals surface area contributed by atoms with Gasteiger partial charge in [-0.15, -0.1) is 0 Å². The maximum Gasteiger partial charge on any atom is 0.0956 e. The smallest absolute Gasteiger partial charge is 0.0956 e. The first kappa shape index (κ1) is 12.9. The second kappa shape index (κ2) is 4.43. The first-order valence-corrected chi connectivity index (χ1v) is 8.17. The first-order valence-electron chi connectivity index (χ1n) is 8.17. The van der Waals surface area contributed by atoms with Crippen LogP contribution in [-0.4, -0.2) is 34.0 Å². The van der Waals surface area contributed by atoms with Crippen molar-refractivity contribution in [3.05, 3.63) is 42.4 Å². The van der Waals surface area contributed by atoms with Gasteiger partial charge in [-0.3, -0.25) is 0 Å². The monoisotopic (exact) mass is 296 g/mol. The van der Waals surface area contributed by atoms with Crippen molar-refractivity contribution in [2.24, 2.45) is 11.3 Å². The van der Waals surface area contributed by atoms with Gasteiger partial charge in [0.15, 0.2) is 0 Å². The second-order valence-corrected chi connectivity index (χ2v) is 7.01. The van der Waals surface area contributed by atoms with Crippen LogP contribution in [-0.2, 0) is 4.74 Å². The highest BCUT2D eigenvalue weighted by molar-refractivity contribution is 5.69. The Hall–Kier alpha value is -1.65. The van der Waals surface area contributed by atoms with E-state index in [4.69, 9.17) is 4.74 Å². The van der Waals surface area contributed by atoms with Crippen LogP contribution >= 0.6 is 0 Å². The Balaban J connectivity index is 1.52. The van der Waals surface area contributed by atoms with Crippen molar-refractivity contribution in [3.8, 4) is 11.3 Å². The highest BCUT2D eigenvalue weighted by Crippen LogP contribution is 2.59. The van der Waals surface area contributed by atoms with Crippen molar-refractivity contribution in [2.75, 3.05) is 13.2 Å². The summed E-state index contributed by atoms with van der Waals surface area (Å²) in [5, 5.41) is 10.9. The predicted molar refractivity (Wildman–Crippen MR) is 82.4 cm³/mol. The third-order valence-electron chi connectivity index (χ3n) is 6.09. The summed E-state index contributed by atoms with van der Waals surface area (Å²) in [6, 6.07) is 8.78. The number of hydrogen-bond acceptors (Lipinski definition) is 3. The van der Waals surface area contributed by atoms with Crippen LogP contribution in [0.4, 0.5) is 0 Å². The van der Waals surface area contributed by atoms with Crippen LogP contribution in [0.25, 0.3) is 11.3 Å². The molecular weight excluding hydrogens is 276 g/mol. The number of fused-ring (bicyclic) bond motifs is 3. The van der Waals surface area contributed by atoms with Crippen LogP contribution < -0.4 is 0 Å². The molecule has 5 rings (SSSR count). The molecule has 4 heteroatoms. The summed E-state index contributed by atoms with van der Waals surface area (Å²) in [4.78, 5) is 4.32. The third kappa shape index (κ3) is 1.52. The minimum atomic E-state index is -0.234. The van der Waals surface area contributed by atoms with Gasteiger partial charge in [0, 0.05) is 30.1 Å². The van der Waals surface area contributed by atoms with Crippen LogP contribution in [0.3, 0.4) is 0 Å². The molecule has 0 radical (unpaired) electrons. The van der Waals surface area contributed by atoms with Gasteiger partial charge in [-0.1, -0.05) is 24.3 Å². The molecule has 1 aliphatic carbocycles. The zero-order valence-electron chi connectivity index (χ0n) is 12.5. The van der Waals surface area contributed by atoms with Crippen molar-refractivity contribution >= 4 is 0 Å². The topological polar surface area (TPSA) is 47.3 Å². The van der Waals surface area contributed by atoms with Crippen molar-refractivity contribution in [3.63, 3.8) is 0 Å². The lowest BCUT2D eigenvalue weighted by molar-refractivity contribution is -0.173. The zero-order valence-corrected chi connectivity index (χ0v) is 12.5. The third-order valence-corrected chi connectivity index (χ3v) is 6.09. The number of ether oxygens (including phenoxy) is 1. The van der Waals surface area contributed by atoms with E-state index < -0.39 is 0 Å². The van der Waals surface area contributed by atoms with Crippen LogP contribution in [0.2, 0.25) is 0 Å². The second-order valence-electron chi connectivity index (χ2n) is 7.01. The Bertz CT molecular complexity index is 717. The highest BCUT2D eigenvalue weighted by Gasteiger charge is 2.57. The van der Waals surface area contributed by atoms with E-state index in [1.807, 2.05) is 12.5 Å². The highest BCUT2D eigenvalue weighted by atomic mass is 16.5. The molecule has 4 nitrogen and oxygen atoms in total. The maximum atomic E-state index is 10.9. The van der Waals surface area contributed by atoms with Gasteiger partial charge in [0.05, 0.1) is 30.4 Å². The molecule has 1 spiro atoms. The van der Waals surface area contributed by atoms with Crippen LogP contribution in [0.5, 0.6) is 0 Å². The molecular formula is C18H20N2O2. The number of imidazole rings is 1. The van der Waals surface area contributed by atoms with Crippen LogP contribution in [0.1, 0.15) is 30.9 Å². The number of hydrogen-bond donors (Lipinski definition) is 1. The van der Waals surface area contributed by atoms with Gasteiger partial charge >= 0.3 is 0 Å². The van der Waals surface area contributed by atoms with Crippen LogP contribution in [0.15, 0.2) is 36.8 Å². The van der Waals surface area contributed by atoms with Crippen molar-refractivity contribution in [1.29, 1.82) is 0 Å². The molecule has 1 N–H and O–H groups in total. The molecule has 3 aliphatic rings. The van der Waals surface area contributed by atoms with Gasteiger partial charge in [0.1, 0.15) is 0 Å². The number of nitrogens with zero attached hydrogens (tertiary/aromatic N) is 2. The van der Waals surface area contributed by atoms with E-state index >= 15 is 0 Å². The Labute approximate surface area is 129 Å². The summed E-state index contributed by atoms with van der Waals surface area (Å²) in [7, 11) is 0. The van der Waals surface area contributed by atoms with Gasteiger partial charge in [0.2, 0.25) is 0 Å². The van der Waals surface area contributed by atoms with E-state index in [1.165, 1.54) is 16.8 Å². The van der Waals surface area contributed by atoms with E-state index in [1.54, 1.807) is 0 Å². The van der Waals surface area contributed by atoms with Gasteiger partial charge in [0.25, 0.3) is 0 Å². The minimum Gasteiger partial charge on any atom is -0.392 e. The summed E-state index contributed by atoms with van der Waals surface area (Å²) < 4.78 is 7.74. The van der Waals surface area contributed by atoms with E-state index in [0.29, 0.717) is 0 Å². The van der Waals surface area contributed by atoms with Gasteiger partial charge in [-0.25, -0.2) is 4.98 Å². The lowest BCUT2D eigenvalue weighted by atomic mass is 9.53. The number of rotatable bonds is 1. The molecule has 22 heavy (non-hydrogen) atoms. The number of aliphatic hydroxyl groups excluding tert-OH is 1. The van der Waals surface area contributed by atoms with Gasteiger partial charge < -0.3 is 14.4 Å². The van der Waals surface area contributed by atoms with Gasteiger partial charge in [-0.05, 0) is 24.8 Å². The first-order chi connectivity index (χ1) is 10.8. The number of benzene rings is 1. The molecule has 2 aromatic rings. The Morgan fingerprint density at radius 2 is 2.05 bits per heavy atom. The Morgan fingerprint density at radius 1 is 1.23 bits per heavy atom. The zero-order chi connectivity index (χ0) is 14.7. The summed E-state index contributed by atoms with van der Waals surface area (Å²) in [5.74, 6) is 0.287. The molecule has 3 heterocycles. The molecule has 3 atom stereocenters. The predicted octanol–water partition coefficient (Wildman–Crippen LogP) is 2.63. The fourth-order valence-electron chi connectivity index (χ4n) is 4.87. The average Bonchev–Trinajstić information content (AvgIpc) is 3.14. The Kier molecular flexibility index (Phi) is 2.59. The minimum absolute atomic E-state index is 0.0984. The van der Waals surface area contributed by atoms with E-state index in [-0.39, 0.29) is 23.5 Å². The molecule has 1 saturated carbocycles. The molecule has 0 bridgehead atoms. The molecule has 1 saturated heterocycles. The fourth-order valence-corrected chi connectivity index (χ4v) is 4.87. The van der Waals surface area contributed by atoms with Crippen LogP contribution in [0, 0.1) is 11.3 Å². The van der Waals surface area contributed by atoms with Crippen molar-refractivity contribution < 1.29 is 9.84 Å². The SMILES string of the molecule is O[C@@H]1[C@@H](C2c3ccccc3-c3cncn32)CC12CCOCC2. The largest absolute Gasteiger partial charge is 0.392 e. The molecule has 1 unspecified atom stereocenters. The molecule has 1 aromatic heterocycles. The van der Waals surface area contributed by atoms with Gasteiger partial charge in [-0.2, -0.15) is 0 Å². The summed E-state index contributed by atoms with van der Waals surface area (Å²) in [6.07, 6.45) is 6.71. The van der Waals surface area contributed by atoms with Crippen molar-refractivity contribution in [2.45, 2.75) is 31.4 Å². The standard InChI is InChI=1S/C18H20N2O2/c21-17-14(9-18(17)5-7-22-8-6-18)16-13-4-2-1-3-12(13)15-10-19-11-20(15)16/h1-4,10-11,14,16-17,21H,5-9H2/t14-,16?,17-/m1/s1. The molecule has 114 valence electrons. The van der Waals surface area contributed by atoms with E-state index in [2.05, 4.69) is 33.8 Å². The molecule has 2 fully saturated rings. The molecule has 2 aliphatic heterocycles.